The van der Waals surface area contributed by atoms with Crippen LogP contribution in [0.2, 0.25) is 0 Å². The minimum Gasteiger partial charge on any atom is -0.387 e. The van der Waals surface area contributed by atoms with E-state index in [9.17, 15) is 29.6 Å². The lowest BCUT2D eigenvalue weighted by molar-refractivity contribution is -0.111. The third-order valence-corrected chi connectivity index (χ3v) is 8.52. The van der Waals surface area contributed by atoms with Crippen LogP contribution in [-0.2, 0) is 18.3 Å². The van der Waals surface area contributed by atoms with Gasteiger partial charge in [-0.15, -0.1) is 9.24 Å². The molecule has 4 aromatic heterocycles. The van der Waals surface area contributed by atoms with E-state index in [4.69, 9.17) is 25.3 Å². The third-order valence-electron chi connectivity index (χ3n) is 7.02. The fourth-order valence-corrected chi connectivity index (χ4v) is 6.53. The molecule has 9 atom stereocenters. The van der Waals surface area contributed by atoms with Crippen molar-refractivity contribution >= 4 is 51.2 Å². The lowest BCUT2D eigenvalue weighted by Crippen LogP contribution is -2.43. The van der Waals surface area contributed by atoms with Crippen molar-refractivity contribution in [3.8, 4) is 0 Å². The van der Waals surface area contributed by atoms with Gasteiger partial charge in [0.1, 0.15) is 36.1 Å². The van der Waals surface area contributed by atoms with Gasteiger partial charge in [-0.05, 0) is 13.3 Å². The van der Waals surface area contributed by atoms with E-state index in [1.807, 2.05) is 0 Å². The molecule has 0 bridgehead atoms. The highest BCUT2D eigenvalue weighted by atomic mass is 31.2. The topological polar surface area (TPSA) is 285 Å². The molecule has 4 aromatic rings. The van der Waals surface area contributed by atoms with Gasteiger partial charge >= 0.3 is 7.82 Å². The van der Waals surface area contributed by atoms with Gasteiger partial charge in [-0.25, -0.2) is 24.5 Å². The number of nitrogen functional groups attached to an aromatic ring is 2. The van der Waals surface area contributed by atoms with Crippen LogP contribution < -0.4 is 17.0 Å². The number of imidazole rings is 2. The molecule has 1 saturated heterocycles. The smallest absolute Gasteiger partial charge is 0.387 e. The predicted octanol–water partition coefficient (Wildman–Crippen LogP) is -1.01. The molecule has 19 nitrogen and oxygen atoms in total. The predicted molar refractivity (Wildman–Crippen MR) is 148 cm³/mol. The van der Waals surface area contributed by atoms with Crippen LogP contribution in [-0.4, -0.2) is 89.5 Å². The Morgan fingerprint density at radius 1 is 1.24 bits per heavy atom. The van der Waals surface area contributed by atoms with Crippen LogP contribution >= 0.6 is 17.1 Å². The first kappa shape index (κ1) is 30.3. The summed E-state index contributed by atoms with van der Waals surface area (Å²) in [6, 6.07) is 0. The summed E-state index contributed by atoms with van der Waals surface area (Å²) in [5.74, 6) is -2.04. The Morgan fingerprint density at radius 2 is 1.95 bits per heavy atom. The number of aliphatic hydroxyl groups is 3. The Morgan fingerprint density at radius 3 is 2.67 bits per heavy atom. The second-order valence-electron chi connectivity index (χ2n) is 9.94. The highest BCUT2D eigenvalue weighted by Gasteiger charge is 2.48. The lowest BCUT2D eigenvalue weighted by Gasteiger charge is -2.36. The quantitative estimate of drug-likeness (QED) is 0.103. The number of fused-ring (bicyclic) bond motifs is 2. The molecular formula is C21H30N10O9P2. The number of hydrogen-bond donors (Lipinski definition) is 7. The van der Waals surface area contributed by atoms with E-state index in [-0.39, 0.29) is 40.5 Å². The molecule has 0 aromatic carbocycles. The molecule has 1 aliphatic heterocycles. The number of hydrogen-bond acceptors (Lipinski definition) is 15. The number of aromatic amines is 1. The monoisotopic (exact) mass is 628 g/mol. The lowest BCUT2D eigenvalue weighted by atomic mass is 9.86. The Kier molecular flexibility index (Phi) is 8.08. The van der Waals surface area contributed by atoms with Crippen LogP contribution in [0.4, 0.5) is 11.8 Å². The molecule has 9 unspecified atom stereocenters. The van der Waals surface area contributed by atoms with Crippen LogP contribution in [0.25, 0.3) is 22.3 Å². The number of phosphoric acid groups is 1. The van der Waals surface area contributed by atoms with Crippen LogP contribution in [0.5, 0.6) is 0 Å². The van der Waals surface area contributed by atoms with Crippen LogP contribution in [0, 0.1) is 5.92 Å². The second-order valence-corrected chi connectivity index (χ2v) is 12.0. The van der Waals surface area contributed by atoms with Gasteiger partial charge in [0.25, 0.3) is 5.56 Å². The molecule has 0 saturated carbocycles. The van der Waals surface area contributed by atoms with Gasteiger partial charge < -0.3 is 36.4 Å². The van der Waals surface area contributed by atoms with E-state index in [2.05, 4.69) is 39.1 Å². The summed E-state index contributed by atoms with van der Waals surface area (Å²) in [6.45, 7) is 2.27. The molecule has 9 N–H and O–H groups in total. The summed E-state index contributed by atoms with van der Waals surface area (Å²) in [5, 5.41) is 33.2. The zero-order chi connectivity index (χ0) is 30.6. The molecular weight excluding hydrogens is 598 g/mol. The normalized spacial score (nSPS) is 25.4. The van der Waals surface area contributed by atoms with Crippen molar-refractivity contribution in [1.82, 2.24) is 39.0 Å². The van der Waals surface area contributed by atoms with E-state index in [1.165, 1.54) is 35.0 Å². The van der Waals surface area contributed by atoms with E-state index >= 15 is 0 Å². The first-order valence-electron chi connectivity index (χ1n) is 12.5. The number of anilines is 2. The molecule has 1 fully saturated rings. The molecule has 228 valence electrons. The summed E-state index contributed by atoms with van der Waals surface area (Å²) in [4.78, 5) is 45.0. The van der Waals surface area contributed by atoms with Crippen molar-refractivity contribution in [2.24, 2.45) is 5.92 Å². The summed E-state index contributed by atoms with van der Waals surface area (Å²) in [7, 11) is -2.70. The molecule has 0 spiro atoms. The number of rotatable bonds is 10. The van der Waals surface area contributed by atoms with E-state index in [1.54, 1.807) is 6.92 Å². The zero-order valence-electron chi connectivity index (χ0n) is 22.3. The van der Waals surface area contributed by atoms with Gasteiger partial charge in [0.05, 0.1) is 24.9 Å². The first-order chi connectivity index (χ1) is 19.7. The fraction of sp³-hybridized carbons (Fsp3) is 0.524. The Hall–Kier alpha value is -3.12. The maximum atomic E-state index is 12.9. The van der Waals surface area contributed by atoms with E-state index < -0.39 is 62.0 Å². The van der Waals surface area contributed by atoms with Crippen molar-refractivity contribution in [1.29, 1.82) is 0 Å². The zero-order valence-corrected chi connectivity index (χ0v) is 24.3. The summed E-state index contributed by atoms with van der Waals surface area (Å²) in [5.41, 5.74) is 9.41. The third kappa shape index (κ3) is 5.50. The molecule has 0 radical (unpaired) electrons. The number of ether oxygens (including phenoxy) is 1. The van der Waals surface area contributed by atoms with E-state index in [0.717, 1.165) is 0 Å². The standard InChI is InChI=1S/C21H30N10O9P2/c1-3-8(17(34)30-6-26-9-13(22)24-5-25-14(9)30)21(2,35)4-38-42(36,37)40-12-11(32)18(39-19(12)41)31-7-27-10-15(31)28-20(23)29-16(10)33/h5-8,11-12,17-19,32,34-35H,3-4,41H2,1-2H3,(H,36,37)(H2,22,24,25)(H3,23,28,29,33). The summed E-state index contributed by atoms with van der Waals surface area (Å²) >= 11 is 0. The van der Waals surface area contributed by atoms with Crippen LogP contribution in [0.1, 0.15) is 32.7 Å². The van der Waals surface area contributed by atoms with Gasteiger partial charge in [0.15, 0.2) is 28.9 Å². The molecule has 42 heavy (non-hydrogen) atoms. The van der Waals surface area contributed by atoms with Crippen LogP contribution in [0.15, 0.2) is 23.8 Å². The van der Waals surface area contributed by atoms with Gasteiger partial charge in [-0.3, -0.25) is 28.0 Å². The highest BCUT2D eigenvalue weighted by molar-refractivity contribution is 7.47. The SMILES string of the molecule is CCC(C(O)n1cnc2c(N)ncnc21)C(C)(O)COP(=O)(O)OC1C(P)OC(n2cnc3c(=O)[nH]c(N)nc32)C1O. The van der Waals surface area contributed by atoms with Gasteiger partial charge in [0, 0.05) is 5.92 Å². The Balaban J connectivity index is 1.28. The molecule has 1 aliphatic rings. The summed E-state index contributed by atoms with van der Waals surface area (Å²) in [6.07, 6.45) is -1.66. The number of phosphoric ester groups is 1. The highest BCUT2D eigenvalue weighted by Crippen LogP contribution is 2.50. The van der Waals surface area contributed by atoms with Crippen molar-refractivity contribution in [3.63, 3.8) is 0 Å². The molecule has 21 heteroatoms. The number of nitrogens with zero attached hydrogens (tertiary/aromatic N) is 7. The number of aromatic nitrogens is 8. The van der Waals surface area contributed by atoms with Crippen molar-refractivity contribution < 1.29 is 38.6 Å². The number of nitrogens with two attached hydrogens (primary N) is 2. The van der Waals surface area contributed by atoms with Gasteiger partial charge in [0.2, 0.25) is 5.95 Å². The fourth-order valence-electron chi connectivity index (χ4n) is 4.89. The number of aliphatic hydroxyl groups excluding tert-OH is 2. The molecule has 5 heterocycles. The molecule has 5 rings (SSSR count). The first-order valence-corrected chi connectivity index (χ1v) is 14.7. The largest absolute Gasteiger partial charge is 0.472 e. The number of H-pyrrole nitrogens is 1. The van der Waals surface area contributed by atoms with Crippen molar-refractivity contribution in [2.45, 2.75) is 56.4 Å². The van der Waals surface area contributed by atoms with Crippen molar-refractivity contribution in [2.75, 3.05) is 18.1 Å². The minimum absolute atomic E-state index is 0.0154. The van der Waals surface area contributed by atoms with Gasteiger partial charge in [-0.1, -0.05) is 6.92 Å². The van der Waals surface area contributed by atoms with Crippen LogP contribution in [0.3, 0.4) is 0 Å². The molecule has 0 amide bonds. The maximum Gasteiger partial charge on any atom is 0.472 e. The number of nitrogens with one attached hydrogen (secondary N) is 1. The Labute approximate surface area is 238 Å². The molecule has 0 aliphatic carbocycles. The van der Waals surface area contributed by atoms with Crippen molar-refractivity contribution in [3.05, 3.63) is 29.3 Å². The Bertz CT molecular complexity index is 1710. The summed E-state index contributed by atoms with van der Waals surface area (Å²) < 4.78 is 31.6. The van der Waals surface area contributed by atoms with E-state index in [0.29, 0.717) is 0 Å². The average molecular weight is 628 g/mol. The minimum atomic E-state index is -4.93. The average Bonchev–Trinajstić information content (AvgIpc) is 3.61. The second kappa shape index (κ2) is 11.2. The maximum absolute atomic E-state index is 12.9. The van der Waals surface area contributed by atoms with Gasteiger partial charge in [-0.2, -0.15) is 4.98 Å².